The van der Waals surface area contributed by atoms with Gasteiger partial charge in [0.1, 0.15) is 0 Å². The fourth-order valence-electron chi connectivity index (χ4n) is 0.111. The molecule has 0 amide bonds. The van der Waals surface area contributed by atoms with Crippen molar-refractivity contribution >= 4 is 49.2 Å². The van der Waals surface area contributed by atoms with E-state index in [1.807, 2.05) is 0 Å². The summed E-state index contributed by atoms with van der Waals surface area (Å²) in [6.07, 6.45) is 0. The number of rotatable bonds is 1. The van der Waals surface area contributed by atoms with Gasteiger partial charge in [-0.25, -0.2) is 0 Å². The Hall–Kier alpha value is 0.980. The van der Waals surface area contributed by atoms with Crippen LogP contribution in [0.15, 0.2) is 4.15 Å². The lowest BCUT2D eigenvalue weighted by atomic mass is 13.9. The second kappa shape index (κ2) is 2.93. The Labute approximate surface area is 65.9 Å². The molecule has 0 aliphatic carbocycles. The fraction of sp³-hybridized carbons (Fsp3) is 0. The Morgan fingerprint density at radius 2 is 1.67 bits per heavy atom. The van der Waals surface area contributed by atoms with Crippen molar-refractivity contribution in [2.75, 3.05) is 0 Å². The molecule has 0 fully saturated rings. The Bertz CT molecular complexity index is 230. The van der Waals surface area contributed by atoms with Gasteiger partial charge in [-0.15, -0.1) is 4.15 Å². The van der Waals surface area contributed by atoms with Gasteiger partial charge in [-0.3, -0.25) is 0 Å². The summed E-state index contributed by atoms with van der Waals surface area (Å²) in [7, 11) is -5.00. The fourth-order valence-corrected chi connectivity index (χ4v) is 2.99. The van der Waals surface area contributed by atoms with E-state index in [0.717, 1.165) is 0 Å². The van der Waals surface area contributed by atoms with Crippen LogP contribution in [-0.2, 0) is 10.4 Å². The second-order valence-corrected chi connectivity index (χ2v) is 9.19. The lowest BCUT2D eigenvalue weighted by Crippen LogP contribution is -1.77. The van der Waals surface area contributed by atoms with Crippen LogP contribution in [0.1, 0.15) is 0 Å². The normalized spacial score (nSPS) is 13.3. The van der Waals surface area contributed by atoms with Crippen LogP contribution in [0.5, 0.6) is 0 Å². The van der Waals surface area contributed by atoms with E-state index in [0.29, 0.717) is 0 Å². The first-order valence-electron chi connectivity index (χ1n) is 1.38. The predicted molar refractivity (Wildman–Crippen MR) is 36.9 cm³/mol. The summed E-state index contributed by atoms with van der Waals surface area (Å²) in [6.45, 7) is 0. The van der Waals surface area contributed by atoms with E-state index in [-0.39, 0.29) is 0 Å². The highest BCUT2D eigenvalue weighted by Crippen LogP contribution is 2.65. The van der Waals surface area contributed by atoms with Gasteiger partial charge in [0.15, 0.2) is 0 Å². The topological polar surface area (TPSA) is 46.5 Å². The van der Waals surface area contributed by atoms with E-state index in [1.54, 1.807) is 0 Å². The second-order valence-electron chi connectivity index (χ2n) is 0.912. The molecule has 0 N–H and O–H groups in total. The molecule has 0 aliphatic rings. The summed E-state index contributed by atoms with van der Waals surface area (Å²) in [4.78, 5) is 0. The standard InChI is InChI=1S/Cl3FNO2PS/c1-8(2,3)5-9(4,6)7. The zero-order valence-electron chi connectivity index (χ0n) is 3.63. The maximum absolute atomic E-state index is 11.5. The molecule has 0 atom stereocenters. The van der Waals surface area contributed by atoms with Crippen molar-refractivity contribution in [1.82, 2.24) is 0 Å². The molecule has 0 radical (unpaired) electrons. The molecule has 3 nitrogen and oxygen atoms in total. The van der Waals surface area contributed by atoms with Gasteiger partial charge in [0, 0.05) is 0 Å². The van der Waals surface area contributed by atoms with Crippen molar-refractivity contribution < 1.29 is 12.3 Å². The molecule has 9 heteroatoms. The Kier molecular flexibility index (Phi) is 3.24. The quantitative estimate of drug-likeness (QED) is 0.517. The average Bonchev–Trinajstić information content (AvgIpc) is 1.14. The summed E-state index contributed by atoms with van der Waals surface area (Å²) >= 11 is 14.6. The summed E-state index contributed by atoms with van der Waals surface area (Å²) in [6, 6.07) is 0. The van der Waals surface area contributed by atoms with Gasteiger partial charge in [0.2, 0.25) is 5.11 Å². The molecular weight excluding hydrogens is 234 g/mol. The molecule has 0 aromatic rings. The molecule has 0 saturated heterocycles. The first kappa shape index (κ1) is 9.98. The van der Waals surface area contributed by atoms with Crippen LogP contribution in [0.3, 0.4) is 0 Å². The zero-order chi connectivity index (χ0) is 7.71. The monoisotopic (exact) mass is 233 g/mol. The van der Waals surface area contributed by atoms with Crippen LogP contribution in [0, 0.1) is 0 Å². The third kappa shape index (κ3) is 8.98. The van der Waals surface area contributed by atoms with E-state index < -0.39 is 15.5 Å². The van der Waals surface area contributed by atoms with Crippen molar-refractivity contribution in [3.05, 3.63) is 0 Å². The lowest BCUT2D eigenvalue weighted by molar-refractivity contribution is 0.555. The molecule has 0 rings (SSSR count). The van der Waals surface area contributed by atoms with Gasteiger partial charge in [0.25, 0.3) is 0 Å². The highest BCUT2D eigenvalue weighted by atomic mass is 36.0. The van der Waals surface area contributed by atoms with Gasteiger partial charge >= 0.3 is 10.4 Å². The van der Waals surface area contributed by atoms with Crippen molar-refractivity contribution in [3.8, 4) is 0 Å². The molecule has 0 bridgehead atoms. The highest BCUT2D eigenvalue weighted by Gasteiger charge is 2.13. The van der Waals surface area contributed by atoms with Gasteiger partial charge in [-0.05, 0) is 33.7 Å². The van der Waals surface area contributed by atoms with Crippen LogP contribution >= 0.6 is 38.8 Å². The van der Waals surface area contributed by atoms with Crippen molar-refractivity contribution in [1.29, 1.82) is 0 Å². The maximum Gasteiger partial charge on any atom is 0.419 e. The molecule has 0 heterocycles. The number of nitrogens with zero attached hydrogens (tertiary/aromatic N) is 1. The highest BCUT2D eigenvalue weighted by molar-refractivity contribution is 8.28. The van der Waals surface area contributed by atoms with Crippen molar-refractivity contribution in [2.24, 2.45) is 4.15 Å². The van der Waals surface area contributed by atoms with E-state index in [1.165, 1.54) is 0 Å². The molecule has 56 valence electrons. The largest absolute Gasteiger partial charge is 0.419 e. The minimum atomic E-state index is -5.00. The average molecular weight is 234 g/mol. The smallest absolute Gasteiger partial charge is 0.170 e. The Morgan fingerprint density at radius 3 is 1.67 bits per heavy atom. The summed E-state index contributed by atoms with van der Waals surface area (Å²) < 4.78 is 32.9. The lowest BCUT2D eigenvalue weighted by Gasteiger charge is -1.90. The number of hydrogen-bond acceptors (Lipinski definition) is 2. The summed E-state index contributed by atoms with van der Waals surface area (Å²) in [5.74, 6) is 0. The zero-order valence-corrected chi connectivity index (χ0v) is 7.61. The van der Waals surface area contributed by atoms with Crippen molar-refractivity contribution in [3.63, 3.8) is 0 Å². The van der Waals surface area contributed by atoms with Crippen LogP contribution in [0.25, 0.3) is 0 Å². The molecule has 0 aromatic carbocycles. The Balaban J connectivity index is 4.76. The maximum atomic E-state index is 11.5. The van der Waals surface area contributed by atoms with Crippen LogP contribution in [-0.4, -0.2) is 8.42 Å². The van der Waals surface area contributed by atoms with Crippen LogP contribution < -0.4 is 0 Å². The summed E-state index contributed by atoms with van der Waals surface area (Å²) in [5.41, 5.74) is 0. The first-order valence-corrected chi connectivity index (χ1v) is 7.17. The van der Waals surface area contributed by atoms with Gasteiger partial charge in [-0.1, -0.05) is 3.89 Å². The van der Waals surface area contributed by atoms with Gasteiger partial charge in [-0.2, -0.15) is 8.42 Å². The third-order valence-electron chi connectivity index (χ3n) is 0.190. The van der Waals surface area contributed by atoms with Gasteiger partial charge < -0.3 is 0 Å². The van der Waals surface area contributed by atoms with E-state index in [4.69, 9.17) is 33.7 Å². The van der Waals surface area contributed by atoms with Gasteiger partial charge in [0.05, 0.1) is 0 Å². The minimum absolute atomic E-state index is 2.25. The number of halogens is 4. The molecular formula is Cl3FNO2PS. The van der Waals surface area contributed by atoms with E-state index in [9.17, 15) is 12.3 Å². The van der Waals surface area contributed by atoms with E-state index in [2.05, 4.69) is 4.15 Å². The summed E-state index contributed by atoms with van der Waals surface area (Å²) in [5, 5.41) is -3.46. The van der Waals surface area contributed by atoms with Crippen LogP contribution in [0.2, 0.25) is 0 Å². The molecule has 0 aromatic heterocycles. The predicted octanol–water partition coefficient (Wildman–Crippen LogP) is 2.86. The molecule has 0 saturated carbocycles. The third-order valence-corrected chi connectivity index (χ3v) is 3.38. The Morgan fingerprint density at radius 1 is 1.33 bits per heavy atom. The molecule has 0 unspecified atom stereocenters. The minimum Gasteiger partial charge on any atom is -0.170 e. The molecule has 0 spiro atoms. The van der Waals surface area contributed by atoms with Crippen LogP contribution in [0.4, 0.5) is 3.89 Å². The van der Waals surface area contributed by atoms with E-state index >= 15 is 0 Å². The molecule has 9 heavy (non-hydrogen) atoms. The number of hydrogen-bond donors (Lipinski definition) is 0. The SMILES string of the molecule is O=S(=O)(F)N=P(Cl)(Cl)Cl. The molecule has 0 aliphatic heterocycles. The van der Waals surface area contributed by atoms with Crippen molar-refractivity contribution in [2.45, 2.75) is 0 Å². The first-order chi connectivity index (χ1) is 3.71.